The third-order valence-electron chi connectivity index (χ3n) is 14.0. The number of carbonyl (C=O) groups is 2. The summed E-state index contributed by atoms with van der Waals surface area (Å²) >= 11 is 0. The molecule has 0 spiro atoms. The van der Waals surface area contributed by atoms with Gasteiger partial charge in [0.05, 0.1) is 25.2 Å². The van der Waals surface area contributed by atoms with E-state index >= 15 is 0 Å². The van der Waals surface area contributed by atoms with E-state index < -0.39 is 18.2 Å². The van der Waals surface area contributed by atoms with Gasteiger partial charge in [0, 0.05) is 6.42 Å². The lowest BCUT2D eigenvalue weighted by Crippen LogP contribution is -2.46. The first-order valence-electron chi connectivity index (χ1n) is 30.6. The Labute approximate surface area is 435 Å². The summed E-state index contributed by atoms with van der Waals surface area (Å²) in [6, 6.07) is -0.717. The number of aliphatic hydroxyl groups excluding tert-OH is 2. The fraction of sp³-hybridized carbons (Fsp3) is 0.812. The molecule has 3 unspecified atom stereocenters. The van der Waals surface area contributed by atoms with Gasteiger partial charge in [0.25, 0.3) is 0 Å². The van der Waals surface area contributed by atoms with Crippen LogP contribution in [-0.2, 0) is 14.3 Å². The lowest BCUT2D eigenvalue weighted by molar-refractivity contribution is -0.151. The molecule has 0 bridgehead atoms. The summed E-state index contributed by atoms with van der Waals surface area (Å²) < 4.78 is 5.96. The van der Waals surface area contributed by atoms with E-state index in [0.717, 1.165) is 70.6 Å². The minimum absolute atomic E-state index is 0.0512. The zero-order chi connectivity index (χ0) is 50.9. The molecule has 3 atom stereocenters. The topological polar surface area (TPSA) is 95.9 Å². The molecule has 1 amide bonds. The van der Waals surface area contributed by atoms with E-state index in [9.17, 15) is 19.8 Å². The third kappa shape index (κ3) is 51.9. The molecule has 0 radical (unpaired) electrons. The van der Waals surface area contributed by atoms with Gasteiger partial charge in [-0.15, -0.1) is 0 Å². The minimum Gasteiger partial charge on any atom is -0.462 e. The average molecular weight is 981 g/mol. The standard InChI is InChI=1S/C64H117NO5/c1-4-7-10-13-16-19-22-25-28-31-32-33-36-39-42-45-48-51-54-57-64(69)70-60(55-52-49-46-43-40-37-34-29-26-23-20-17-14-11-8-5-2)58-63(68)65-61(59-66)62(67)56-53-50-47-44-41-38-35-30-27-24-21-18-15-12-9-6-3/h11,14,17,20,23,26,29,34,37,40,60-62,66-67H,4-10,12-13,15-16,18-19,21-22,24-25,27-28,30-33,35-36,38-39,41-59H2,1-3H3,(H,65,68)/b14-11+,20-17+,26-23+,34-29+,40-37+. The monoisotopic (exact) mass is 980 g/mol. The van der Waals surface area contributed by atoms with Crippen LogP contribution in [-0.4, -0.2) is 46.9 Å². The summed E-state index contributed by atoms with van der Waals surface area (Å²) in [7, 11) is 0. The Morgan fingerprint density at radius 2 is 0.757 bits per heavy atom. The van der Waals surface area contributed by atoms with Gasteiger partial charge in [-0.25, -0.2) is 0 Å². The zero-order valence-electron chi connectivity index (χ0n) is 46.7. The van der Waals surface area contributed by atoms with Crippen LogP contribution in [0.3, 0.4) is 0 Å². The molecule has 0 aliphatic carbocycles. The molecule has 6 heteroatoms. The maximum absolute atomic E-state index is 13.3. The molecular formula is C64H117NO5. The highest BCUT2D eigenvalue weighted by atomic mass is 16.5. The van der Waals surface area contributed by atoms with Gasteiger partial charge in [0.1, 0.15) is 6.10 Å². The van der Waals surface area contributed by atoms with Crippen molar-refractivity contribution in [3.63, 3.8) is 0 Å². The maximum Gasteiger partial charge on any atom is 0.306 e. The average Bonchev–Trinajstić information content (AvgIpc) is 3.35. The van der Waals surface area contributed by atoms with Gasteiger partial charge >= 0.3 is 5.97 Å². The van der Waals surface area contributed by atoms with E-state index in [4.69, 9.17) is 4.74 Å². The predicted octanol–water partition coefficient (Wildman–Crippen LogP) is 19.1. The van der Waals surface area contributed by atoms with Gasteiger partial charge in [-0.2, -0.15) is 0 Å². The summed E-state index contributed by atoms with van der Waals surface area (Å²) in [6.07, 6.45) is 72.9. The molecule has 0 fully saturated rings. The summed E-state index contributed by atoms with van der Waals surface area (Å²) in [5.74, 6) is -0.502. The highest BCUT2D eigenvalue weighted by molar-refractivity contribution is 5.77. The van der Waals surface area contributed by atoms with Crippen LogP contribution in [0.5, 0.6) is 0 Å². The quantitative estimate of drug-likeness (QED) is 0.0321. The van der Waals surface area contributed by atoms with Gasteiger partial charge in [0.15, 0.2) is 0 Å². The normalized spacial score (nSPS) is 13.5. The van der Waals surface area contributed by atoms with Crippen LogP contribution in [0, 0.1) is 0 Å². The molecule has 0 heterocycles. The highest BCUT2D eigenvalue weighted by Gasteiger charge is 2.24. The molecule has 0 saturated heterocycles. The van der Waals surface area contributed by atoms with Crippen molar-refractivity contribution >= 4 is 11.9 Å². The lowest BCUT2D eigenvalue weighted by atomic mass is 10.0. The molecule has 0 aromatic heterocycles. The fourth-order valence-corrected chi connectivity index (χ4v) is 9.35. The Morgan fingerprint density at radius 3 is 1.16 bits per heavy atom. The Hall–Kier alpha value is -2.44. The number of hydrogen-bond acceptors (Lipinski definition) is 5. The van der Waals surface area contributed by atoms with Gasteiger partial charge < -0.3 is 20.3 Å². The molecule has 408 valence electrons. The van der Waals surface area contributed by atoms with E-state index in [-0.39, 0.29) is 24.9 Å². The number of nitrogens with one attached hydrogen (secondary N) is 1. The van der Waals surface area contributed by atoms with Crippen LogP contribution in [0.25, 0.3) is 0 Å². The molecule has 6 nitrogen and oxygen atoms in total. The first-order chi connectivity index (χ1) is 34.5. The van der Waals surface area contributed by atoms with E-state index in [1.165, 1.54) is 193 Å². The number of ether oxygens (including phenoxy) is 1. The lowest BCUT2D eigenvalue weighted by Gasteiger charge is -2.24. The number of carbonyl (C=O) groups excluding carboxylic acids is 2. The van der Waals surface area contributed by atoms with Crippen molar-refractivity contribution in [2.45, 2.75) is 328 Å². The van der Waals surface area contributed by atoms with Crippen molar-refractivity contribution in [3.8, 4) is 0 Å². The molecule has 0 aliphatic heterocycles. The van der Waals surface area contributed by atoms with E-state index in [1.54, 1.807) is 0 Å². The van der Waals surface area contributed by atoms with E-state index in [2.05, 4.69) is 56.5 Å². The molecule has 0 rings (SSSR count). The van der Waals surface area contributed by atoms with Crippen molar-refractivity contribution in [1.82, 2.24) is 5.32 Å². The minimum atomic E-state index is -0.801. The number of unbranched alkanes of at least 4 members (excludes halogenated alkanes) is 37. The van der Waals surface area contributed by atoms with E-state index in [1.807, 2.05) is 30.4 Å². The first-order valence-corrected chi connectivity index (χ1v) is 30.6. The number of aliphatic hydroxyl groups is 2. The maximum atomic E-state index is 13.3. The second-order valence-corrected chi connectivity index (χ2v) is 20.9. The van der Waals surface area contributed by atoms with Gasteiger partial charge in [0.2, 0.25) is 5.91 Å². The second kappa shape index (κ2) is 57.5. The zero-order valence-corrected chi connectivity index (χ0v) is 46.7. The Balaban J connectivity index is 4.58. The molecule has 70 heavy (non-hydrogen) atoms. The van der Waals surface area contributed by atoms with Crippen LogP contribution in [0.4, 0.5) is 0 Å². The van der Waals surface area contributed by atoms with Crippen LogP contribution in [0.1, 0.15) is 310 Å². The SMILES string of the molecule is CCC/C=C/C=C/C=C/C=C/C=C/CCCCCC(CC(=O)NC(CO)C(O)CCCCCCCCCCCCCCCCCC)OC(=O)CCCCCCCCCCCCCCCCCCCCC. The number of amides is 1. The van der Waals surface area contributed by atoms with Gasteiger partial charge in [-0.05, 0) is 44.9 Å². The summed E-state index contributed by atoms with van der Waals surface area (Å²) in [6.45, 7) is 6.43. The first kappa shape index (κ1) is 67.6. The largest absolute Gasteiger partial charge is 0.462 e. The van der Waals surface area contributed by atoms with Crippen molar-refractivity contribution in [2.75, 3.05) is 6.61 Å². The van der Waals surface area contributed by atoms with Gasteiger partial charge in [-0.3, -0.25) is 9.59 Å². The Kier molecular flexibility index (Phi) is 55.5. The smallest absolute Gasteiger partial charge is 0.306 e. The number of rotatable bonds is 55. The predicted molar refractivity (Wildman–Crippen MR) is 305 cm³/mol. The molecule has 0 aromatic carbocycles. The van der Waals surface area contributed by atoms with Crippen LogP contribution in [0.15, 0.2) is 60.8 Å². The van der Waals surface area contributed by atoms with Crippen LogP contribution < -0.4 is 5.32 Å². The Bertz CT molecular complexity index is 1240. The molecule has 0 aliphatic rings. The summed E-state index contributed by atoms with van der Waals surface area (Å²) in [5.41, 5.74) is 0. The second-order valence-electron chi connectivity index (χ2n) is 20.9. The Morgan fingerprint density at radius 1 is 0.414 bits per heavy atom. The molecule has 0 saturated carbocycles. The number of esters is 1. The third-order valence-corrected chi connectivity index (χ3v) is 14.0. The molecule has 3 N–H and O–H groups in total. The highest BCUT2D eigenvalue weighted by Crippen LogP contribution is 2.19. The fourth-order valence-electron chi connectivity index (χ4n) is 9.35. The number of allylic oxidation sites excluding steroid dienone is 10. The van der Waals surface area contributed by atoms with Gasteiger partial charge in [-0.1, -0.05) is 313 Å². The van der Waals surface area contributed by atoms with Crippen molar-refractivity contribution in [2.24, 2.45) is 0 Å². The summed E-state index contributed by atoms with van der Waals surface area (Å²) in [5, 5.41) is 23.9. The van der Waals surface area contributed by atoms with Crippen molar-refractivity contribution in [1.29, 1.82) is 0 Å². The van der Waals surface area contributed by atoms with Crippen LogP contribution in [0.2, 0.25) is 0 Å². The number of hydrogen-bond donors (Lipinski definition) is 3. The van der Waals surface area contributed by atoms with Crippen LogP contribution >= 0.6 is 0 Å². The van der Waals surface area contributed by atoms with Crippen molar-refractivity contribution in [3.05, 3.63) is 60.8 Å². The molecule has 0 aromatic rings. The summed E-state index contributed by atoms with van der Waals surface area (Å²) in [4.78, 5) is 26.3. The molecular weight excluding hydrogens is 863 g/mol. The van der Waals surface area contributed by atoms with Crippen molar-refractivity contribution < 1.29 is 24.5 Å². The van der Waals surface area contributed by atoms with E-state index in [0.29, 0.717) is 19.3 Å².